The maximum atomic E-state index is 12.0. The molecule has 1 N–H and O–H groups in total. The third kappa shape index (κ3) is 3.88. The summed E-state index contributed by atoms with van der Waals surface area (Å²) >= 11 is 1.40. The minimum atomic E-state index is -0.458. The summed E-state index contributed by atoms with van der Waals surface area (Å²) in [5, 5.41) is 3.68. The summed E-state index contributed by atoms with van der Waals surface area (Å²) in [4.78, 5) is 20.5. The van der Waals surface area contributed by atoms with Crippen LogP contribution in [0.25, 0.3) is 0 Å². The van der Waals surface area contributed by atoms with Gasteiger partial charge in [-0.15, -0.1) is 0 Å². The third-order valence-corrected chi connectivity index (χ3v) is 3.34. The highest BCUT2D eigenvalue weighted by Crippen LogP contribution is 2.24. The fourth-order valence-corrected chi connectivity index (χ4v) is 2.10. The number of rotatable bonds is 6. The zero-order valence-electron chi connectivity index (χ0n) is 12.6. The first-order chi connectivity index (χ1) is 10.7. The Morgan fingerprint density at radius 1 is 1.41 bits per heavy atom. The summed E-state index contributed by atoms with van der Waals surface area (Å²) < 4.78 is 10.2. The van der Waals surface area contributed by atoms with E-state index in [9.17, 15) is 4.79 Å². The van der Waals surface area contributed by atoms with Crippen molar-refractivity contribution in [3.63, 3.8) is 0 Å². The van der Waals surface area contributed by atoms with Crippen molar-refractivity contribution in [3.05, 3.63) is 36.0 Å². The lowest BCUT2D eigenvalue weighted by Gasteiger charge is -2.11. The highest BCUT2D eigenvalue weighted by molar-refractivity contribution is 7.98. The van der Waals surface area contributed by atoms with Crippen molar-refractivity contribution in [2.75, 3.05) is 25.3 Å². The summed E-state index contributed by atoms with van der Waals surface area (Å²) in [7, 11) is 1.60. The van der Waals surface area contributed by atoms with Gasteiger partial charge in [-0.3, -0.25) is 0 Å². The molecule has 0 fully saturated rings. The fraction of sp³-hybridized carbons (Fsp3) is 0.267. The van der Waals surface area contributed by atoms with Gasteiger partial charge >= 0.3 is 5.97 Å². The molecule has 0 radical (unpaired) electrons. The highest BCUT2D eigenvalue weighted by atomic mass is 32.2. The number of benzene rings is 1. The molecule has 0 bridgehead atoms. The largest absolute Gasteiger partial charge is 0.497 e. The number of esters is 1. The summed E-state index contributed by atoms with van der Waals surface area (Å²) in [6, 6.07) is 7.36. The number of nitrogens with one attached hydrogen (secondary N) is 1. The van der Waals surface area contributed by atoms with Crippen LogP contribution in [0.3, 0.4) is 0 Å². The Hall–Kier alpha value is -2.28. The highest BCUT2D eigenvalue weighted by Gasteiger charge is 2.16. The Kier molecular flexibility index (Phi) is 5.60. The molecule has 7 heteroatoms. The summed E-state index contributed by atoms with van der Waals surface area (Å²) in [6.45, 7) is 2.05. The Bertz CT molecular complexity index is 664. The quantitative estimate of drug-likeness (QED) is 0.498. The van der Waals surface area contributed by atoms with E-state index in [2.05, 4.69) is 15.3 Å². The van der Waals surface area contributed by atoms with Crippen molar-refractivity contribution < 1.29 is 14.3 Å². The lowest BCUT2D eigenvalue weighted by molar-refractivity contribution is 0.0526. The van der Waals surface area contributed by atoms with Crippen LogP contribution in [0.15, 0.2) is 35.6 Å². The number of nitrogens with zero attached hydrogens (tertiary/aromatic N) is 2. The predicted octanol–water partition coefficient (Wildman–Crippen LogP) is 3.13. The molecule has 0 spiro atoms. The summed E-state index contributed by atoms with van der Waals surface area (Å²) in [6.07, 6.45) is 3.34. The molecule has 22 heavy (non-hydrogen) atoms. The number of carbonyl (C=O) groups is 1. The van der Waals surface area contributed by atoms with Crippen LogP contribution >= 0.6 is 11.8 Å². The Morgan fingerprint density at radius 3 is 2.91 bits per heavy atom. The van der Waals surface area contributed by atoms with E-state index in [4.69, 9.17) is 9.47 Å². The van der Waals surface area contributed by atoms with E-state index in [0.29, 0.717) is 28.9 Å². The monoisotopic (exact) mass is 319 g/mol. The van der Waals surface area contributed by atoms with Gasteiger partial charge in [0.15, 0.2) is 5.16 Å². The molecule has 0 unspecified atom stereocenters. The first kappa shape index (κ1) is 16.1. The third-order valence-electron chi connectivity index (χ3n) is 2.78. The van der Waals surface area contributed by atoms with Crippen molar-refractivity contribution in [2.24, 2.45) is 0 Å². The minimum absolute atomic E-state index is 0.293. The van der Waals surface area contributed by atoms with Gasteiger partial charge in [-0.2, -0.15) is 0 Å². The van der Waals surface area contributed by atoms with Gasteiger partial charge in [0, 0.05) is 18.0 Å². The number of aromatic nitrogens is 2. The van der Waals surface area contributed by atoms with Crippen LogP contribution in [-0.4, -0.2) is 35.9 Å². The molecule has 116 valence electrons. The first-order valence-electron chi connectivity index (χ1n) is 6.67. The van der Waals surface area contributed by atoms with Gasteiger partial charge in [0.2, 0.25) is 0 Å². The Labute approximate surface area is 133 Å². The van der Waals surface area contributed by atoms with Crippen LogP contribution in [0.2, 0.25) is 0 Å². The zero-order valence-corrected chi connectivity index (χ0v) is 13.4. The zero-order chi connectivity index (χ0) is 15.9. The van der Waals surface area contributed by atoms with E-state index in [0.717, 1.165) is 5.69 Å². The number of hydrogen-bond donors (Lipinski definition) is 1. The topological polar surface area (TPSA) is 73.3 Å². The summed E-state index contributed by atoms with van der Waals surface area (Å²) in [5.74, 6) is 0.661. The van der Waals surface area contributed by atoms with Crippen LogP contribution in [0.5, 0.6) is 5.75 Å². The molecule has 6 nitrogen and oxygen atoms in total. The fourth-order valence-electron chi connectivity index (χ4n) is 1.76. The lowest BCUT2D eigenvalue weighted by Crippen LogP contribution is -2.10. The van der Waals surface area contributed by atoms with E-state index >= 15 is 0 Å². The lowest BCUT2D eigenvalue weighted by atomic mass is 10.2. The van der Waals surface area contributed by atoms with E-state index < -0.39 is 5.97 Å². The van der Waals surface area contributed by atoms with Gasteiger partial charge in [-0.1, -0.05) is 17.8 Å². The Balaban J connectivity index is 2.36. The second-order valence-electron chi connectivity index (χ2n) is 4.20. The maximum Gasteiger partial charge on any atom is 0.343 e. The van der Waals surface area contributed by atoms with Crippen LogP contribution in [0.1, 0.15) is 17.3 Å². The van der Waals surface area contributed by atoms with E-state index in [1.165, 1.54) is 18.0 Å². The van der Waals surface area contributed by atoms with E-state index in [1.807, 2.05) is 30.5 Å². The van der Waals surface area contributed by atoms with Gasteiger partial charge < -0.3 is 14.8 Å². The van der Waals surface area contributed by atoms with Crippen molar-refractivity contribution in [1.29, 1.82) is 0 Å². The number of ether oxygens (including phenoxy) is 2. The second-order valence-corrected chi connectivity index (χ2v) is 4.97. The smallest absolute Gasteiger partial charge is 0.343 e. The molecule has 1 aromatic heterocycles. The normalized spacial score (nSPS) is 10.1. The number of carbonyl (C=O) groups excluding carboxylic acids is 1. The molecule has 0 aliphatic rings. The van der Waals surface area contributed by atoms with Gasteiger partial charge in [0.1, 0.15) is 17.1 Å². The Morgan fingerprint density at radius 2 is 2.23 bits per heavy atom. The van der Waals surface area contributed by atoms with Gasteiger partial charge in [-0.25, -0.2) is 14.8 Å². The van der Waals surface area contributed by atoms with Crippen molar-refractivity contribution in [3.8, 4) is 5.75 Å². The molecule has 0 atom stereocenters. The summed E-state index contributed by atoms with van der Waals surface area (Å²) in [5.41, 5.74) is 1.05. The van der Waals surface area contributed by atoms with Gasteiger partial charge in [0.25, 0.3) is 0 Å². The number of hydrogen-bond acceptors (Lipinski definition) is 7. The molecule has 0 saturated heterocycles. The van der Waals surface area contributed by atoms with Gasteiger partial charge in [-0.05, 0) is 25.3 Å². The SMILES string of the molecule is CCOC(=O)c1cnc(SC)nc1Nc1cccc(OC)c1. The van der Waals surface area contributed by atoms with Crippen molar-refractivity contribution >= 4 is 29.2 Å². The average Bonchev–Trinajstić information content (AvgIpc) is 2.55. The molecule has 1 aromatic carbocycles. The van der Waals surface area contributed by atoms with Crippen molar-refractivity contribution in [1.82, 2.24) is 9.97 Å². The number of anilines is 2. The van der Waals surface area contributed by atoms with Crippen LogP contribution in [-0.2, 0) is 4.74 Å². The van der Waals surface area contributed by atoms with Crippen LogP contribution < -0.4 is 10.1 Å². The van der Waals surface area contributed by atoms with E-state index in [1.54, 1.807) is 14.0 Å². The standard InChI is InChI=1S/C15H17N3O3S/c1-4-21-14(19)12-9-16-15(22-3)18-13(12)17-10-6-5-7-11(8-10)20-2/h5-9H,4H2,1-3H3,(H,16,17,18). The number of thioether (sulfide) groups is 1. The molecule has 0 aliphatic heterocycles. The number of methoxy groups -OCH3 is 1. The molecular formula is C15H17N3O3S. The molecule has 2 aromatic rings. The molecule has 2 rings (SSSR count). The first-order valence-corrected chi connectivity index (χ1v) is 7.89. The van der Waals surface area contributed by atoms with E-state index in [-0.39, 0.29) is 0 Å². The van der Waals surface area contributed by atoms with Crippen LogP contribution in [0, 0.1) is 0 Å². The van der Waals surface area contributed by atoms with Crippen LogP contribution in [0.4, 0.5) is 11.5 Å². The second kappa shape index (κ2) is 7.65. The van der Waals surface area contributed by atoms with Gasteiger partial charge in [0.05, 0.1) is 13.7 Å². The molecule has 0 aliphatic carbocycles. The average molecular weight is 319 g/mol. The molecule has 1 heterocycles. The molecular weight excluding hydrogens is 302 g/mol. The molecule has 0 saturated carbocycles. The predicted molar refractivity (Wildman–Crippen MR) is 86.0 cm³/mol. The molecule has 0 amide bonds. The minimum Gasteiger partial charge on any atom is -0.497 e. The van der Waals surface area contributed by atoms with Crippen molar-refractivity contribution in [2.45, 2.75) is 12.1 Å². The maximum absolute atomic E-state index is 12.0.